The summed E-state index contributed by atoms with van der Waals surface area (Å²) in [6, 6.07) is 0. The molecule has 0 aliphatic heterocycles. The Morgan fingerprint density at radius 3 is 2.83 bits per heavy atom. The Labute approximate surface area is 74.1 Å². The summed E-state index contributed by atoms with van der Waals surface area (Å²) in [4.78, 5) is 0. The van der Waals surface area contributed by atoms with Crippen LogP contribution < -0.4 is 5.32 Å². The third kappa shape index (κ3) is 3.09. The van der Waals surface area contributed by atoms with Crippen LogP contribution >= 0.6 is 0 Å². The van der Waals surface area contributed by atoms with Gasteiger partial charge in [0.05, 0.1) is 12.7 Å². The monoisotopic (exact) mass is 173 g/mol. The lowest BCUT2D eigenvalue weighted by molar-refractivity contribution is 0.0609. The third-order valence-electron chi connectivity index (χ3n) is 2.53. The molecular weight excluding hydrogens is 154 g/mol. The molecule has 0 aromatic heterocycles. The first-order valence-electron chi connectivity index (χ1n) is 4.72. The number of nitrogens with one attached hydrogen (secondary N) is 1. The molecule has 0 spiro atoms. The van der Waals surface area contributed by atoms with Crippen molar-refractivity contribution in [2.24, 2.45) is 5.92 Å². The highest BCUT2D eigenvalue weighted by atomic mass is 16.5. The van der Waals surface area contributed by atoms with Gasteiger partial charge in [0.1, 0.15) is 0 Å². The molecule has 1 unspecified atom stereocenters. The van der Waals surface area contributed by atoms with Crippen LogP contribution in [-0.2, 0) is 4.74 Å². The van der Waals surface area contributed by atoms with Gasteiger partial charge in [-0.15, -0.1) is 0 Å². The molecule has 72 valence electrons. The molecule has 0 radical (unpaired) electrons. The Hall–Kier alpha value is -0.120. The van der Waals surface area contributed by atoms with Crippen molar-refractivity contribution in [3.8, 4) is 0 Å². The van der Waals surface area contributed by atoms with E-state index >= 15 is 0 Å². The van der Waals surface area contributed by atoms with Crippen LogP contribution in [0.2, 0.25) is 0 Å². The van der Waals surface area contributed by atoms with Crippen LogP contribution in [0.25, 0.3) is 0 Å². The average Bonchev–Trinajstić information content (AvgIpc) is 1.95. The van der Waals surface area contributed by atoms with Gasteiger partial charge in [-0.2, -0.15) is 0 Å². The molecule has 12 heavy (non-hydrogen) atoms. The zero-order valence-electron chi connectivity index (χ0n) is 7.75. The molecule has 1 atom stereocenters. The minimum Gasteiger partial charge on any atom is -0.392 e. The molecule has 0 saturated heterocycles. The highest BCUT2D eigenvalue weighted by molar-refractivity contribution is 4.78. The number of rotatable bonds is 6. The van der Waals surface area contributed by atoms with Crippen LogP contribution in [0.3, 0.4) is 0 Å². The topological polar surface area (TPSA) is 41.5 Å². The molecule has 0 bridgehead atoms. The van der Waals surface area contributed by atoms with Gasteiger partial charge in [0, 0.05) is 20.2 Å². The number of methoxy groups -OCH3 is 1. The number of aliphatic hydroxyl groups excluding tert-OH is 1. The average molecular weight is 173 g/mol. The smallest absolute Gasteiger partial charge is 0.0692 e. The van der Waals surface area contributed by atoms with E-state index < -0.39 is 0 Å². The van der Waals surface area contributed by atoms with Gasteiger partial charge in [-0.25, -0.2) is 0 Å². The van der Waals surface area contributed by atoms with E-state index in [9.17, 15) is 5.11 Å². The van der Waals surface area contributed by atoms with Gasteiger partial charge in [0.25, 0.3) is 0 Å². The summed E-state index contributed by atoms with van der Waals surface area (Å²) in [7, 11) is 1.68. The van der Waals surface area contributed by atoms with Crippen molar-refractivity contribution in [2.75, 3.05) is 26.8 Å². The molecule has 0 aromatic carbocycles. The summed E-state index contributed by atoms with van der Waals surface area (Å²) in [5.41, 5.74) is 0. The van der Waals surface area contributed by atoms with Gasteiger partial charge in [-0.1, -0.05) is 6.42 Å². The van der Waals surface area contributed by atoms with E-state index in [4.69, 9.17) is 4.74 Å². The van der Waals surface area contributed by atoms with E-state index in [0.717, 1.165) is 13.2 Å². The fourth-order valence-corrected chi connectivity index (χ4v) is 1.42. The van der Waals surface area contributed by atoms with Crippen LogP contribution in [0, 0.1) is 5.92 Å². The van der Waals surface area contributed by atoms with Crippen molar-refractivity contribution in [1.29, 1.82) is 0 Å². The lowest BCUT2D eigenvalue weighted by Gasteiger charge is -2.30. The zero-order chi connectivity index (χ0) is 8.81. The first-order valence-corrected chi connectivity index (χ1v) is 4.72. The van der Waals surface area contributed by atoms with Gasteiger partial charge >= 0.3 is 0 Å². The second kappa shape index (κ2) is 5.51. The number of ether oxygens (including phenoxy) is 1. The summed E-state index contributed by atoms with van der Waals surface area (Å²) in [6.45, 7) is 2.27. The predicted octanol–water partition coefficient (Wildman–Crippen LogP) is 0.383. The molecule has 3 heteroatoms. The first-order chi connectivity index (χ1) is 5.84. The van der Waals surface area contributed by atoms with Crippen LogP contribution in [0.4, 0.5) is 0 Å². The summed E-state index contributed by atoms with van der Waals surface area (Å²) in [5.74, 6) is 0.556. The second-order valence-electron chi connectivity index (χ2n) is 3.46. The molecule has 1 aliphatic carbocycles. The third-order valence-corrected chi connectivity index (χ3v) is 2.53. The molecule has 1 aliphatic rings. The lowest BCUT2D eigenvalue weighted by Crippen LogP contribution is -2.37. The predicted molar refractivity (Wildman–Crippen MR) is 48.1 cm³/mol. The van der Waals surface area contributed by atoms with E-state index in [1.54, 1.807) is 7.11 Å². The Morgan fingerprint density at radius 2 is 2.33 bits per heavy atom. The van der Waals surface area contributed by atoms with Gasteiger partial charge in [-0.05, 0) is 18.8 Å². The van der Waals surface area contributed by atoms with Crippen LogP contribution in [0.1, 0.15) is 19.3 Å². The number of aliphatic hydroxyl groups is 1. The minimum absolute atomic E-state index is 0.143. The lowest BCUT2D eigenvalue weighted by atomic mass is 9.81. The van der Waals surface area contributed by atoms with Gasteiger partial charge in [0.15, 0.2) is 0 Å². The SMILES string of the molecule is COCCNCC(O)C1CCC1. The molecule has 0 amide bonds. The molecule has 1 rings (SSSR count). The molecule has 1 fully saturated rings. The van der Waals surface area contributed by atoms with Crippen molar-refractivity contribution in [3.63, 3.8) is 0 Å². The van der Waals surface area contributed by atoms with E-state index in [1.807, 2.05) is 0 Å². The Morgan fingerprint density at radius 1 is 1.58 bits per heavy atom. The summed E-state index contributed by atoms with van der Waals surface area (Å²) in [6.07, 6.45) is 3.55. The van der Waals surface area contributed by atoms with Crippen molar-refractivity contribution in [2.45, 2.75) is 25.4 Å². The first kappa shape index (κ1) is 9.96. The molecular formula is C9H19NO2. The van der Waals surface area contributed by atoms with Crippen molar-refractivity contribution < 1.29 is 9.84 Å². The number of hydrogen-bond acceptors (Lipinski definition) is 3. The van der Waals surface area contributed by atoms with Gasteiger partial charge < -0.3 is 15.2 Å². The molecule has 2 N–H and O–H groups in total. The van der Waals surface area contributed by atoms with E-state index in [-0.39, 0.29) is 6.10 Å². The summed E-state index contributed by atoms with van der Waals surface area (Å²) < 4.78 is 4.88. The zero-order valence-corrected chi connectivity index (χ0v) is 7.75. The quantitative estimate of drug-likeness (QED) is 0.571. The van der Waals surface area contributed by atoms with Crippen molar-refractivity contribution in [1.82, 2.24) is 5.32 Å². The van der Waals surface area contributed by atoms with Crippen LogP contribution in [0.15, 0.2) is 0 Å². The highest BCUT2D eigenvalue weighted by Crippen LogP contribution is 2.29. The maximum atomic E-state index is 9.56. The molecule has 3 nitrogen and oxygen atoms in total. The molecule has 0 heterocycles. The summed E-state index contributed by atoms with van der Waals surface area (Å²) in [5, 5.41) is 12.7. The Bertz CT molecular complexity index is 115. The summed E-state index contributed by atoms with van der Waals surface area (Å²) >= 11 is 0. The second-order valence-corrected chi connectivity index (χ2v) is 3.46. The van der Waals surface area contributed by atoms with E-state index in [0.29, 0.717) is 12.5 Å². The fraction of sp³-hybridized carbons (Fsp3) is 1.00. The largest absolute Gasteiger partial charge is 0.392 e. The number of hydrogen-bond donors (Lipinski definition) is 2. The maximum absolute atomic E-state index is 9.56. The van der Waals surface area contributed by atoms with Crippen molar-refractivity contribution in [3.05, 3.63) is 0 Å². The van der Waals surface area contributed by atoms with Crippen LogP contribution in [0.5, 0.6) is 0 Å². The molecule has 0 aromatic rings. The highest BCUT2D eigenvalue weighted by Gasteiger charge is 2.24. The minimum atomic E-state index is -0.143. The molecule has 1 saturated carbocycles. The van der Waals surface area contributed by atoms with Crippen molar-refractivity contribution >= 4 is 0 Å². The van der Waals surface area contributed by atoms with E-state index in [2.05, 4.69) is 5.32 Å². The van der Waals surface area contributed by atoms with Gasteiger partial charge in [0.2, 0.25) is 0 Å². The Balaban J connectivity index is 1.91. The Kier molecular flexibility index (Phi) is 4.58. The van der Waals surface area contributed by atoms with E-state index in [1.165, 1.54) is 19.3 Å². The van der Waals surface area contributed by atoms with Crippen LogP contribution in [-0.4, -0.2) is 38.0 Å². The maximum Gasteiger partial charge on any atom is 0.0692 e. The van der Waals surface area contributed by atoms with Gasteiger partial charge in [-0.3, -0.25) is 0 Å². The standard InChI is InChI=1S/C9H19NO2/c1-12-6-5-10-7-9(11)8-3-2-4-8/h8-11H,2-7H2,1H3. The fourth-order valence-electron chi connectivity index (χ4n) is 1.42. The normalized spacial score (nSPS) is 20.5.